The third-order valence-electron chi connectivity index (χ3n) is 4.00. The zero-order valence-electron chi connectivity index (χ0n) is 13.4. The van der Waals surface area contributed by atoms with Crippen LogP contribution in [0.2, 0.25) is 0 Å². The highest BCUT2D eigenvalue weighted by Crippen LogP contribution is 2.27. The predicted molar refractivity (Wildman–Crippen MR) is 88.0 cm³/mol. The summed E-state index contributed by atoms with van der Waals surface area (Å²) in [5.41, 5.74) is 1.29. The van der Waals surface area contributed by atoms with Crippen LogP contribution >= 0.6 is 0 Å². The molecule has 4 nitrogen and oxygen atoms in total. The van der Waals surface area contributed by atoms with Gasteiger partial charge in [-0.1, -0.05) is 37.3 Å². The van der Waals surface area contributed by atoms with E-state index >= 15 is 0 Å². The van der Waals surface area contributed by atoms with Crippen molar-refractivity contribution in [1.29, 1.82) is 0 Å². The Morgan fingerprint density at radius 2 is 2.13 bits per heavy atom. The van der Waals surface area contributed by atoms with Gasteiger partial charge >= 0.3 is 11.9 Å². The molecule has 3 atom stereocenters. The summed E-state index contributed by atoms with van der Waals surface area (Å²) >= 11 is 0. The van der Waals surface area contributed by atoms with Crippen LogP contribution in [0.4, 0.5) is 0 Å². The molecule has 1 heterocycles. The Morgan fingerprint density at radius 3 is 2.83 bits per heavy atom. The summed E-state index contributed by atoms with van der Waals surface area (Å²) in [5, 5.41) is 0. The lowest BCUT2D eigenvalue weighted by Crippen LogP contribution is -2.23. The van der Waals surface area contributed by atoms with Crippen molar-refractivity contribution in [3.8, 4) is 0 Å². The minimum absolute atomic E-state index is 0.160. The fourth-order valence-electron chi connectivity index (χ4n) is 2.69. The van der Waals surface area contributed by atoms with Gasteiger partial charge in [0.15, 0.2) is 0 Å². The van der Waals surface area contributed by atoms with Gasteiger partial charge in [-0.3, -0.25) is 0 Å². The quantitative estimate of drug-likeness (QED) is 0.571. The van der Waals surface area contributed by atoms with E-state index in [1.807, 2.05) is 19.1 Å². The van der Waals surface area contributed by atoms with Crippen LogP contribution in [-0.2, 0) is 20.7 Å². The molecule has 1 aromatic carbocycles. The molecule has 1 aliphatic rings. The first kappa shape index (κ1) is 17.0. The number of cyclic esters (lactones) is 1. The lowest BCUT2D eigenvalue weighted by Gasteiger charge is -2.15. The van der Waals surface area contributed by atoms with Crippen LogP contribution in [0.25, 0.3) is 0 Å². The van der Waals surface area contributed by atoms with E-state index in [4.69, 9.17) is 9.47 Å². The number of ether oxygens (including phenoxy) is 2. The summed E-state index contributed by atoms with van der Waals surface area (Å²) in [6.07, 6.45) is 4.16. The van der Waals surface area contributed by atoms with E-state index in [0.717, 1.165) is 12.0 Å². The Morgan fingerprint density at radius 1 is 1.39 bits per heavy atom. The van der Waals surface area contributed by atoms with Crippen LogP contribution in [0, 0.1) is 5.92 Å². The van der Waals surface area contributed by atoms with E-state index < -0.39 is 18.0 Å². The fourth-order valence-corrected chi connectivity index (χ4v) is 2.69. The summed E-state index contributed by atoms with van der Waals surface area (Å²) in [6.45, 7) is 9.36. The Hall–Kier alpha value is -2.36. The van der Waals surface area contributed by atoms with E-state index in [0.29, 0.717) is 18.4 Å². The van der Waals surface area contributed by atoms with Crippen LogP contribution in [0.15, 0.2) is 49.6 Å². The molecule has 1 aliphatic heterocycles. The van der Waals surface area contributed by atoms with Gasteiger partial charge in [0.05, 0.1) is 5.56 Å². The number of hydrogen-bond acceptors (Lipinski definition) is 4. The van der Waals surface area contributed by atoms with Gasteiger partial charge in [-0.05, 0) is 30.4 Å². The lowest BCUT2D eigenvalue weighted by molar-refractivity contribution is -0.148. The molecule has 122 valence electrons. The average molecular weight is 314 g/mol. The highest BCUT2D eigenvalue weighted by atomic mass is 16.6. The fraction of sp³-hybridized carbons (Fsp3) is 0.368. The van der Waals surface area contributed by atoms with E-state index in [-0.39, 0.29) is 12.0 Å². The maximum Gasteiger partial charge on any atom is 0.347 e. The lowest BCUT2D eigenvalue weighted by atomic mass is 9.98. The second kappa shape index (κ2) is 7.77. The SMILES string of the molecule is C=CCc1ccccc1C(=O)O[C@H]1C[C@@H]([C@H](C)CC=C)OC1=O. The van der Waals surface area contributed by atoms with Gasteiger partial charge < -0.3 is 9.47 Å². The minimum Gasteiger partial charge on any atom is -0.459 e. The van der Waals surface area contributed by atoms with Crippen molar-refractivity contribution in [3.63, 3.8) is 0 Å². The molecule has 2 rings (SSSR count). The van der Waals surface area contributed by atoms with Crippen molar-refractivity contribution in [1.82, 2.24) is 0 Å². The van der Waals surface area contributed by atoms with E-state index in [9.17, 15) is 9.59 Å². The molecule has 0 radical (unpaired) electrons. The molecule has 0 aromatic heterocycles. The van der Waals surface area contributed by atoms with Crippen molar-refractivity contribution in [2.75, 3.05) is 0 Å². The minimum atomic E-state index is -0.837. The Balaban J connectivity index is 2.05. The van der Waals surface area contributed by atoms with Gasteiger partial charge in [0.1, 0.15) is 6.10 Å². The molecule has 0 unspecified atom stereocenters. The largest absolute Gasteiger partial charge is 0.459 e. The summed E-state index contributed by atoms with van der Waals surface area (Å²) in [4.78, 5) is 24.3. The maximum atomic E-state index is 12.4. The zero-order valence-corrected chi connectivity index (χ0v) is 13.4. The molecule has 0 N–H and O–H groups in total. The van der Waals surface area contributed by atoms with Crippen molar-refractivity contribution < 1.29 is 19.1 Å². The Bertz CT molecular complexity index is 605. The van der Waals surface area contributed by atoms with Gasteiger partial charge in [0.2, 0.25) is 6.10 Å². The molecule has 1 saturated heterocycles. The first-order valence-electron chi connectivity index (χ1n) is 7.78. The van der Waals surface area contributed by atoms with Crippen LogP contribution in [-0.4, -0.2) is 24.1 Å². The molecule has 0 bridgehead atoms. The summed E-state index contributed by atoms with van der Waals surface area (Å²) in [6, 6.07) is 7.16. The van der Waals surface area contributed by atoms with Crippen molar-refractivity contribution in [2.45, 2.75) is 38.4 Å². The topological polar surface area (TPSA) is 52.6 Å². The molecule has 1 aromatic rings. The number of allylic oxidation sites excluding steroid dienone is 2. The van der Waals surface area contributed by atoms with E-state index in [1.165, 1.54) is 0 Å². The number of hydrogen-bond donors (Lipinski definition) is 0. The second-order valence-electron chi connectivity index (χ2n) is 5.76. The Labute approximate surface area is 136 Å². The average Bonchev–Trinajstić information content (AvgIpc) is 2.89. The summed E-state index contributed by atoms with van der Waals surface area (Å²) < 4.78 is 10.7. The normalized spacial score (nSPS) is 21.3. The highest BCUT2D eigenvalue weighted by molar-refractivity contribution is 5.93. The van der Waals surface area contributed by atoms with Gasteiger partial charge in [-0.25, -0.2) is 9.59 Å². The van der Waals surface area contributed by atoms with Gasteiger partial charge in [0.25, 0.3) is 0 Å². The maximum absolute atomic E-state index is 12.4. The number of carbonyl (C=O) groups is 2. The first-order valence-corrected chi connectivity index (χ1v) is 7.78. The molecular weight excluding hydrogens is 292 g/mol. The highest BCUT2D eigenvalue weighted by Gasteiger charge is 2.39. The molecule has 0 amide bonds. The number of benzene rings is 1. The third-order valence-corrected chi connectivity index (χ3v) is 4.00. The van der Waals surface area contributed by atoms with Gasteiger partial charge in [0, 0.05) is 6.42 Å². The zero-order chi connectivity index (χ0) is 16.8. The number of rotatable bonds is 7. The molecule has 23 heavy (non-hydrogen) atoms. The Kier molecular flexibility index (Phi) is 5.74. The molecule has 1 fully saturated rings. The van der Waals surface area contributed by atoms with Crippen LogP contribution in [0.3, 0.4) is 0 Å². The van der Waals surface area contributed by atoms with Crippen LogP contribution in [0.5, 0.6) is 0 Å². The standard InChI is InChI=1S/C19H22O4/c1-4-8-13(3)16-12-17(19(21)22-16)23-18(20)15-11-7-6-10-14(15)9-5-2/h4-7,10-11,13,16-17H,1-2,8-9,12H2,3H3/t13-,16+,17+/m1/s1. The van der Waals surface area contributed by atoms with Gasteiger partial charge in [-0.2, -0.15) is 0 Å². The van der Waals surface area contributed by atoms with E-state index in [2.05, 4.69) is 13.2 Å². The number of esters is 2. The second-order valence-corrected chi connectivity index (χ2v) is 5.76. The summed E-state index contributed by atoms with van der Waals surface area (Å²) in [7, 11) is 0. The molecule has 0 aliphatic carbocycles. The van der Waals surface area contributed by atoms with Crippen LogP contribution in [0.1, 0.15) is 35.7 Å². The third kappa shape index (κ3) is 4.09. The molecule has 0 saturated carbocycles. The predicted octanol–water partition coefficient (Wildman–Crippen LogP) is 3.47. The number of carbonyl (C=O) groups excluding carboxylic acids is 2. The van der Waals surface area contributed by atoms with Gasteiger partial charge in [-0.15, -0.1) is 13.2 Å². The van der Waals surface area contributed by atoms with Crippen molar-refractivity contribution >= 4 is 11.9 Å². The smallest absolute Gasteiger partial charge is 0.347 e. The summed E-state index contributed by atoms with van der Waals surface area (Å²) in [5.74, 6) is -0.810. The van der Waals surface area contributed by atoms with Crippen molar-refractivity contribution in [2.24, 2.45) is 5.92 Å². The van der Waals surface area contributed by atoms with Crippen LogP contribution < -0.4 is 0 Å². The van der Waals surface area contributed by atoms with E-state index in [1.54, 1.807) is 24.3 Å². The first-order chi connectivity index (χ1) is 11.1. The molecular formula is C19H22O4. The monoisotopic (exact) mass is 314 g/mol. The van der Waals surface area contributed by atoms with Crippen molar-refractivity contribution in [3.05, 3.63) is 60.7 Å². The molecule has 0 spiro atoms. The molecule has 4 heteroatoms.